The van der Waals surface area contributed by atoms with Crippen LogP contribution in [0.1, 0.15) is 25.8 Å². The van der Waals surface area contributed by atoms with Crippen molar-refractivity contribution in [2.75, 3.05) is 16.8 Å². The Morgan fingerprint density at radius 3 is 2.58 bits per heavy atom. The van der Waals surface area contributed by atoms with Crippen LogP contribution in [-0.2, 0) is 6.18 Å². The van der Waals surface area contributed by atoms with Crippen LogP contribution in [0.15, 0.2) is 22.7 Å². The normalized spacial score (nSPS) is 13.4. The van der Waals surface area contributed by atoms with Crippen molar-refractivity contribution in [1.29, 1.82) is 0 Å². The molecule has 1 N–H and O–H groups in total. The molecule has 1 aromatic rings. The fourth-order valence-corrected chi connectivity index (χ4v) is 2.85. The minimum absolute atomic E-state index is 0.229. The summed E-state index contributed by atoms with van der Waals surface area (Å²) in [5.74, 6) is 2.12. The van der Waals surface area contributed by atoms with Crippen LogP contribution in [0.4, 0.5) is 18.9 Å². The summed E-state index contributed by atoms with van der Waals surface area (Å²) in [6.45, 7) is 4.13. The number of alkyl halides is 3. The third-order valence-corrected chi connectivity index (χ3v) is 4.19. The van der Waals surface area contributed by atoms with E-state index in [0.717, 1.165) is 30.1 Å². The predicted molar refractivity (Wildman–Crippen MR) is 79.8 cm³/mol. The first-order valence-corrected chi connectivity index (χ1v) is 8.00. The summed E-state index contributed by atoms with van der Waals surface area (Å²) in [5, 5.41) is 3.22. The SMILES string of the molecule is CCSCCC(C)Nc1ccc(C(F)(F)F)cc1Br. The smallest absolute Gasteiger partial charge is 0.382 e. The molecule has 0 aromatic heterocycles. The first-order chi connectivity index (χ1) is 8.84. The molecule has 0 heterocycles. The average Bonchev–Trinajstić information content (AvgIpc) is 2.31. The van der Waals surface area contributed by atoms with Gasteiger partial charge in [-0.2, -0.15) is 24.9 Å². The first kappa shape index (κ1) is 16.7. The molecular formula is C13H17BrF3NS. The van der Waals surface area contributed by atoms with Gasteiger partial charge in [-0.3, -0.25) is 0 Å². The summed E-state index contributed by atoms with van der Waals surface area (Å²) in [4.78, 5) is 0. The van der Waals surface area contributed by atoms with E-state index in [9.17, 15) is 13.2 Å². The van der Waals surface area contributed by atoms with Crippen molar-refractivity contribution >= 4 is 33.4 Å². The van der Waals surface area contributed by atoms with Gasteiger partial charge in [-0.15, -0.1) is 0 Å². The van der Waals surface area contributed by atoms with Crippen LogP contribution in [0.2, 0.25) is 0 Å². The van der Waals surface area contributed by atoms with E-state index in [0.29, 0.717) is 10.2 Å². The number of rotatable bonds is 6. The van der Waals surface area contributed by atoms with E-state index in [1.54, 1.807) is 0 Å². The zero-order valence-corrected chi connectivity index (χ0v) is 13.3. The van der Waals surface area contributed by atoms with Crippen molar-refractivity contribution in [1.82, 2.24) is 0 Å². The fraction of sp³-hybridized carbons (Fsp3) is 0.538. The number of halogens is 4. The van der Waals surface area contributed by atoms with E-state index in [1.165, 1.54) is 6.07 Å². The Hall–Kier alpha value is -0.360. The highest BCUT2D eigenvalue weighted by Crippen LogP contribution is 2.34. The molecule has 0 saturated heterocycles. The minimum Gasteiger partial charge on any atom is -0.382 e. The van der Waals surface area contributed by atoms with Gasteiger partial charge in [-0.1, -0.05) is 6.92 Å². The lowest BCUT2D eigenvalue weighted by Crippen LogP contribution is -2.16. The van der Waals surface area contributed by atoms with Crippen LogP contribution in [0, 0.1) is 0 Å². The van der Waals surface area contributed by atoms with E-state index in [-0.39, 0.29) is 6.04 Å². The van der Waals surface area contributed by atoms with Gasteiger partial charge in [-0.25, -0.2) is 0 Å². The summed E-state index contributed by atoms with van der Waals surface area (Å²) in [6, 6.07) is 3.90. The number of hydrogen-bond acceptors (Lipinski definition) is 2. The molecule has 0 amide bonds. The van der Waals surface area contributed by atoms with Gasteiger partial charge < -0.3 is 5.32 Å². The van der Waals surface area contributed by atoms with Gasteiger partial charge >= 0.3 is 6.18 Å². The highest BCUT2D eigenvalue weighted by atomic mass is 79.9. The predicted octanol–water partition coefficient (Wildman–Crippen LogP) is 5.41. The average molecular weight is 356 g/mol. The number of anilines is 1. The van der Waals surface area contributed by atoms with E-state index >= 15 is 0 Å². The highest BCUT2D eigenvalue weighted by Gasteiger charge is 2.30. The van der Waals surface area contributed by atoms with Crippen LogP contribution in [0.25, 0.3) is 0 Å². The summed E-state index contributed by atoms with van der Waals surface area (Å²) in [6.07, 6.45) is -3.32. The van der Waals surface area contributed by atoms with Crippen molar-refractivity contribution in [3.05, 3.63) is 28.2 Å². The van der Waals surface area contributed by atoms with Gasteiger partial charge in [0.1, 0.15) is 0 Å². The van der Waals surface area contributed by atoms with Crippen molar-refractivity contribution < 1.29 is 13.2 Å². The van der Waals surface area contributed by atoms with Crippen molar-refractivity contribution in [3.8, 4) is 0 Å². The van der Waals surface area contributed by atoms with Crippen LogP contribution in [0.5, 0.6) is 0 Å². The maximum atomic E-state index is 12.5. The van der Waals surface area contributed by atoms with E-state index in [4.69, 9.17) is 0 Å². The summed E-state index contributed by atoms with van der Waals surface area (Å²) in [5.41, 5.74) is 0.0566. The molecule has 6 heteroatoms. The molecule has 0 aliphatic heterocycles. The van der Waals surface area contributed by atoms with Crippen molar-refractivity contribution in [2.24, 2.45) is 0 Å². The molecule has 0 spiro atoms. The third-order valence-electron chi connectivity index (χ3n) is 2.60. The molecule has 1 unspecified atom stereocenters. The number of nitrogens with one attached hydrogen (secondary N) is 1. The Balaban J connectivity index is 2.65. The fourth-order valence-electron chi connectivity index (χ4n) is 1.55. The quantitative estimate of drug-likeness (QED) is 0.684. The Labute approximate surface area is 124 Å². The van der Waals surface area contributed by atoms with E-state index in [1.807, 2.05) is 18.7 Å². The van der Waals surface area contributed by atoms with Gasteiger partial charge in [-0.05, 0) is 59.0 Å². The number of thioether (sulfide) groups is 1. The molecule has 1 atom stereocenters. The molecule has 0 aliphatic rings. The Morgan fingerprint density at radius 1 is 1.37 bits per heavy atom. The zero-order chi connectivity index (χ0) is 14.5. The molecule has 0 bridgehead atoms. The topological polar surface area (TPSA) is 12.0 Å². The molecule has 1 nitrogen and oxygen atoms in total. The second-order valence-electron chi connectivity index (χ2n) is 4.22. The lowest BCUT2D eigenvalue weighted by molar-refractivity contribution is -0.137. The van der Waals surface area contributed by atoms with E-state index < -0.39 is 11.7 Å². The molecule has 1 aromatic carbocycles. The number of benzene rings is 1. The van der Waals surface area contributed by atoms with Gasteiger partial charge in [0.05, 0.1) is 5.56 Å². The first-order valence-electron chi connectivity index (χ1n) is 6.05. The maximum absolute atomic E-state index is 12.5. The summed E-state index contributed by atoms with van der Waals surface area (Å²) in [7, 11) is 0. The molecule has 0 radical (unpaired) electrons. The molecule has 0 fully saturated rings. The molecular weight excluding hydrogens is 339 g/mol. The van der Waals surface area contributed by atoms with Gasteiger partial charge in [0, 0.05) is 16.2 Å². The summed E-state index contributed by atoms with van der Waals surface area (Å²) < 4.78 is 38.0. The molecule has 0 saturated carbocycles. The Kier molecular flexibility index (Phi) is 6.53. The molecule has 108 valence electrons. The Morgan fingerprint density at radius 2 is 2.05 bits per heavy atom. The van der Waals surface area contributed by atoms with Crippen LogP contribution in [0.3, 0.4) is 0 Å². The number of hydrogen-bond donors (Lipinski definition) is 1. The van der Waals surface area contributed by atoms with Crippen LogP contribution in [-0.4, -0.2) is 17.5 Å². The van der Waals surface area contributed by atoms with Crippen molar-refractivity contribution in [2.45, 2.75) is 32.5 Å². The monoisotopic (exact) mass is 355 g/mol. The van der Waals surface area contributed by atoms with E-state index in [2.05, 4.69) is 28.2 Å². The maximum Gasteiger partial charge on any atom is 0.416 e. The second kappa shape index (κ2) is 7.43. The summed E-state index contributed by atoms with van der Waals surface area (Å²) >= 11 is 5.04. The molecule has 19 heavy (non-hydrogen) atoms. The second-order valence-corrected chi connectivity index (χ2v) is 6.47. The zero-order valence-electron chi connectivity index (χ0n) is 10.9. The third kappa shape index (κ3) is 5.65. The minimum atomic E-state index is -4.30. The van der Waals surface area contributed by atoms with Gasteiger partial charge in [0.2, 0.25) is 0 Å². The largest absolute Gasteiger partial charge is 0.416 e. The van der Waals surface area contributed by atoms with Crippen molar-refractivity contribution in [3.63, 3.8) is 0 Å². The molecule has 0 aliphatic carbocycles. The standard InChI is InChI=1S/C13H17BrF3NS/c1-3-19-7-6-9(2)18-12-5-4-10(8-11(12)14)13(15,16)17/h4-5,8-9,18H,3,6-7H2,1-2H3. The lowest BCUT2D eigenvalue weighted by atomic mass is 10.2. The Bertz CT molecular complexity index is 409. The highest BCUT2D eigenvalue weighted by molar-refractivity contribution is 9.10. The lowest BCUT2D eigenvalue weighted by Gasteiger charge is -2.17. The van der Waals surface area contributed by atoms with Crippen LogP contribution >= 0.6 is 27.7 Å². The molecule has 1 rings (SSSR count). The van der Waals surface area contributed by atoms with Gasteiger partial charge in [0.15, 0.2) is 0 Å². The van der Waals surface area contributed by atoms with Crippen LogP contribution < -0.4 is 5.32 Å². The van der Waals surface area contributed by atoms with Gasteiger partial charge in [0.25, 0.3) is 0 Å².